The van der Waals surface area contributed by atoms with Gasteiger partial charge in [-0.15, -0.1) is 0 Å². The lowest BCUT2D eigenvalue weighted by Crippen LogP contribution is -2.68. The monoisotopic (exact) mass is 926 g/mol. The maximum Gasteiger partial charge on any atom is 0.253 e. The molecule has 3 heterocycles. The van der Waals surface area contributed by atoms with Gasteiger partial charge in [-0.05, 0) is 171 Å². The summed E-state index contributed by atoms with van der Waals surface area (Å²) in [5.74, 6) is -0.560. The van der Waals surface area contributed by atoms with Crippen molar-refractivity contribution < 1.29 is 8.78 Å². The van der Waals surface area contributed by atoms with Gasteiger partial charge in [0.2, 0.25) is 0 Å². The summed E-state index contributed by atoms with van der Waals surface area (Å²) in [4.78, 5) is 4.91. The van der Waals surface area contributed by atoms with Gasteiger partial charge in [0.05, 0.1) is 5.41 Å². The summed E-state index contributed by atoms with van der Waals surface area (Å²) in [5.41, 5.74) is 21.6. The third kappa shape index (κ3) is 6.87. The minimum Gasteiger partial charge on any atom is -0.311 e. The highest BCUT2D eigenvalue weighted by atomic mass is 19.1. The molecule has 2 nitrogen and oxygen atoms in total. The number of aryl methyl sites for hydroxylation is 3. The second kappa shape index (κ2) is 16.0. The summed E-state index contributed by atoms with van der Waals surface area (Å²) in [6.45, 7) is 19.7. The lowest BCUT2D eigenvalue weighted by molar-refractivity contribution is 0.590. The van der Waals surface area contributed by atoms with Crippen LogP contribution in [0.3, 0.4) is 0 Å². The predicted molar refractivity (Wildman–Crippen MR) is 295 cm³/mol. The number of nitrogens with zero attached hydrogens (tertiary/aromatic N) is 2. The van der Waals surface area contributed by atoms with Gasteiger partial charge in [-0.1, -0.05) is 162 Å². The number of anilines is 6. The molecule has 0 bridgehead atoms. The Bertz CT molecular complexity index is 3360. The lowest BCUT2D eigenvalue weighted by Gasteiger charge is -2.52. The Morgan fingerprint density at radius 3 is 1.13 bits per heavy atom. The first-order valence-electron chi connectivity index (χ1n) is 25.0. The van der Waals surface area contributed by atoms with Gasteiger partial charge in [0.1, 0.15) is 11.6 Å². The zero-order valence-corrected chi connectivity index (χ0v) is 42.0. The maximum absolute atomic E-state index is 16.6. The molecule has 0 aliphatic carbocycles. The summed E-state index contributed by atoms with van der Waals surface area (Å²) in [6, 6.07) is 64.1. The van der Waals surface area contributed by atoms with Crippen LogP contribution in [0.15, 0.2) is 182 Å². The number of benzene rings is 9. The first-order chi connectivity index (χ1) is 34.0. The summed E-state index contributed by atoms with van der Waals surface area (Å²) >= 11 is 0. The maximum atomic E-state index is 16.6. The van der Waals surface area contributed by atoms with E-state index in [0.29, 0.717) is 11.1 Å². The molecule has 0 radical (unpaired) electrons. The minimum atomic E-state index is -0.974. The zero-order chi connectivity index (χ0) is 49.3. The molecule has 3 aliphatic heterocycles. The van der Waals surface area contributed by atoms with Crippen LogP contribution in [0, 0.1) is 32.4 Å². The topological polar surface area (TPSA) is 6.48 Å². The molecule has 5 heteroatoms. The number of halogens is 2. The van der Waals surface area contributed by atoms with Crippen molar-refractivity contribution in [2.24, 2.45) is 0 Å². The number of rotatable bonds is 6. The SMILES string of the molecule is Cc1ccc(C2(c3ccc(C)cc3)c3cc(-c4ccccc4F)cc4c3B3c5c(cc(C)cc5N(c5ccc(C(C)(C)C)cc5)c5cc(-c6ccccc6F)cc2c53)N4c2ccc(C(C)(C)C)cc2)cc1. The van der Waals surface area contributed by atoms with Gasteiger partial charge < -0.3 is 9.80 Å². The van der Waals surface area contributed by atoms with Gasteiger partial charge in [-0.3, -0.25) is 0 Å². The normalized spacial score (nSPS) is 14.2. The van der Waals surface area contributed by atoms with Crippen molar-refractivity contribution in [1.82, 2.24) is 0 Å². The molecule has 12 rings (SSSR count). The van der Waals surface area contributed by atoms with E-state index in [4.69, 9.17) is 0 Å². The van der Waals surface area contributed by atoms with Crippen LogP contribution >= 0.6 is 0 Å². The Morgan fingerprint density at radius 1 is 0.394 bits per heavy atom. The van der Waals surface area contributed by atoms with E-state index in [0.717, 1.165) is 84.2 Å². The molecule has 0 unspecified atom stereocenters. The molecule has 0 saturated heterocycles. The fourth-order valence-corrected chi connectivity index (χ4v) is 12.0. The van der Waals surface area contributed by atoms with Crippen LogP contribution in [0.2, 0.25) is 0 Å². The van der Waals surface area contributed by atoms with E-state index in [9.17, 15) is 0 Å². The third-order valence-electron chi connectivity index (χ3n) is 15.6. The first-order valence-corrected chi connectivity index (χ1v) is 25.0. The van der Waals surface area contributed by atoms with Crippen LogP contribution in [0.25, 0.3) is 22.3 Å². The first kappa shape index (κ1) is 44.7. The minimum absolute atomic E-state index is 0.0513. The second-order valence-electron chi connectivity index (χ2n) is 22.3. The van der Waals surface area contributed by atoms with Crippen LogP contribution < -0.4 is 26.2 Å². The van der Waals surface area contributed by atoms with Crippen LogP contribution in [-0.2, 0) is 16.2 Å². The highest BCUT2D eigenvalue weighted by Crippen LogP contribution is 2.55. The van der Waals surface area contributed by atoms with Gasteiger partial charge in [-0.25, -0.2) is 8.78 Å². The Morgan fingerprint density at radius 2 is 0.761 bits per heavy atom. The molecule has 0 aromatic heterocycles. The molecule has 0 spiro atoms. The van der Waals surface area contributed by atoms with Crippen molar-refractivity contribution in [3.8, 4) is 22.3 Å². The van der Waals surface area contributed by atoms with Crippen molar-refractivity contribution in [2.75, 3.05) is 9.80 Å². The van der Waals surface area contributed by atoms with Gasteiger partial charge >= 0.3 is 0 Å². The molecule has 71 heavy (non-hydrogen) atoms. The van der Waals surface area contributed by atoms with Crippen molar-refractivity contribution in [3.05, 3.63) is 244 Å². The van der Waals surface area contributed by atoms with Crippen LogP contribution in [-0.4, -0.2) is 6.71 Å². The van der Waals surface area contributed by atoms with E-state index in [1.54, 1.807) is 24.3 Å². The third-order valence-corrected chi connectivity index (χ3v) is 15.6. The molecule has 348 valence electrons. The quantitative estimate of drug-likeness (QED) is 0.153. The molecule has 0 atom stereocenters. The average Bonchev–Trinajstić information content (AvgIpc) is 3.34. The van der Waals surface area contributed by atoms with E-state index >= 15 is 8.78 Å². The molecule has 0 fully saturated rings. The Labute approximate surface area is 418 Å². The second-order valence-corrected chi connectivity index (χ2v) is 22.3. The molecule has 3 aliphatic rings. The Kier molecular flexibility index (Phi) is 10.1. The fourth-order valence-electron chi connectivity index (χ4n) is 12.0. The highest BCUT2D eigenvalue weighted by molar-refractivity contribution is 7.01. The molecular formula is C66H57BF2N2. The van der Waals surface area contributed by atoms with Gasteiger partial charge in [0, 0.05) is 45.3 Å². The van der Waals surface area contributed by atoms with Gasteiger partial charge in [0.15, 0.2) is 0 Å². The molecule has 9 aromatic rings. The molecule has 9 aromatic carbocycles. The number of hydrogen-bond donors (Lipinski definition) is 0. The van der Waals surface area contributed by atoms with Gasteiger partial charge in [-0.2, -0.15) is 0 Å². The summed E-state index contributed by atoms with van der Waals surface area (Å²) in [5, 5.41) is 0. The summed E-state index contributed by atoms with van der Waals surface area (Å²) < 4.78 is 33.3. The fraction of sp³-hybridized carbons (Fsp3) is 0.182. The van der Waals surface area contributed by atoms with Crippen molar-refractivity contribution in [2.45, 2.75) is 78.6 Å². The molecular weight excluding hydrogens is 870 g/mol. The summed E-state index contributed by atoms with van der Waals surface area (Å²) in [6.07, 6.45) is 0. The lowest BCUT2D eigenvalue weighted by atomic mass is 9.27. The van der Waals surface area contributed by atoms with Gasteiger partial charge in [0.25, 0.3) is 6.71 Å². The molecule has 0 N–H and O–H groups in total. The zero-order valence-electron chi connectivity index (χ0n) is 42.0. The highest BCUT2D eigenvalue weighted by Gasteiger charge is 2.56. The summed E-state index contributed by atoms with van der Waals surface area (Å²) in [7, 11) is 0. The number of hydrogen-bond acceptors (Lipinski definition) is 2. The standard InChI is InChI=1S/C66H57BF2N2/c1-40-18-22-47(23-19-40)66(48-24-20-41(2)21-25-48)53-36-43(51-14-10-12-16-55(51)68)38-59-61(53)67-62-54(66)37-44(52-15-11-13-17-56(52)69)39-60(62)71(50-32-28-46(29-33-50)65(7,8)9)58-35-42(3)34-57(63(58)67)70(59)49-30-26-45(27-31-49)64(4,5)6/h10-39H,1-9H3. The van der Waals surface area contributed by atoms with Crippen LogP contribution in [0.4, 0.5) is 42.9 Å². The van der Waals surface area contributed by atoms with E-state index in [2.05, 4.69) is 206 Å². The predicted octanol–water partition coefficient (Wildman–Crippen LogP) is 15.6. The molecule has 0 saturated carbocycles. The van der Waals surface area contributed by atoms with E-state index < -0.39 is 5.41 Å². The Balaban J connectivity index is 1.32. The van der Waals surface area contributed by atoms with E-state index in [1.165, 1.54) is 27.5 Å². The van der Waals surface area contributed by atoms with Crippen LogP contribution in [0.1, 0.15) is 91.6 Å². The molecule has 0 amide bonds. The van der Waals surface area contributed by atoms with Crippen molar-refractivity contribution in [3.63, 3.8) is 0 Å². The average molecular weight is 927 g/mol. The van der Waals surface area contributed by atoms with Crippen LogP contribution in [0.5, 0.6) is 0 Å². The van der Waals surface area contributed by atoms with Crippen molar-refractivity contribution >= 4 is 57.2 Å². The van der Waals surface area contributed by atoms with E-state index in [1.807, 2.05) is 24.3 Å². The Hall–Kier alpha value is -7.50. The van der Waals surface area contributed by atoms with Crippen molar-refractivity contribution in [1.29, 1.82) is 0 Å². The van der Waals surface area contributed by atoms with E-state index in [-0.39, 0.29) is 29.2 Å². The largest absolute Gasteiger partial charge is 0.311 e. The smallest absolute Gasteiger partial charge is 0.253 e.